The van der Waals surface area contributed by atoms with Crippen LogP contribution in [-0.2, 0) is 25.3 Å². The van der Waals surface area contributed by atoms with Crippen LogP contribution in [0.25, 0.3) is 0 Å². The van der Waals surface area contributed by atoms with Crippen LogP contribution >= 0.6 is 11.8 Å². The normalized spacial score (nSPS) is 12.1. The van der Waals surface area contributed by atoms with Crippen LogP contribution in [0.4, 0.5) is 13.2 Å². The Labute approximate surface area is 156 Å². The molecule has 1 N–H and O–H groups in total. The average Bonchev–Trinajstić information content (AvgIpc) is 2.55. The molecule has 0 aliphatic rings. The third-order valence-electron chi connectivity index (χ3n) is 3.03. The fourth-order valence-electron chi connectivity index (χ4n) is 1.90. The summed E-state index contributed by atoms with van der Waals surface area (Å²) < 4.78 is 47.7. The fourth-order valence-corrected chi connectivity index (χ4v) is 2.76. The number of ether oxygens (including phenoxy) is 2. The lowest BCUT2D eigenvalue weighted by Crippen LogP contribution is -2.42. The van der Waals surface area contributed by atoms with Gasteiger partial charge in [0.2, 0.25) is 11.0 Å². The molecule has 1 aromatic carbocycles. The van der Waals surface area contributed by atoms with Gasteiger partial charge in [-0.1, -0.05) is 11.8 Å². The second-order valence-corrected chi connectivity index (χ2v) is 6.17. The maximum Gasteiger partial charge on any atom is 0.416 e. The Morgan fingerprint density at radius 1 is 1.19 bits per heavy atom. The minimum atomic E-state index is -4.69. The number of hydrogen-bond donors (Lipinski definition) is 1. The van der Waals surface area contributed by atoms with E-state index >= 15 is 0 Å². The molecule has 11 heteroatoms. The Kier molecular flexibility index (Phi) is 7.82. The zero-order valence-electron chi connectivity index (χ0n) is 14.5. The van der Waals surface area contributed by atoms with E-state index in [0.29, 0.717) is 23.9 Å². The van der Waals surface area contributed by atoms with E-state index in [-0.39, 0.29) is 11.3 Å². The van der Waals surface area contributed by atoms with Crippen LogP contribution in [0.3, 0.4) is 0 Å². The topological polar surface area (TPSA) is 98.8 Å². The van der Waals surface area contributed by atoms with Gasteiger partial charge in [-0.2, -0.15) is 13.2 Å². The summed E-state index contributed by atoms with van der Waals surface area (Å²) in [6.45, 7) is 2.14. The second kappa shape index (κ2) is 9.40. The molecule has 148 valence electrons. The lowest BCUT2D eigenvalue weighted by atomic mass is 10.1. The van der Waals surface area contributed by atoms with Gasteiger partial charge in [-0.3, -0.25) is 14.4 Å². The predicted octanol–water partition coefficient (Wildman–Crippen LogP) is 2.18. The number of hydrogen-bond acceptors (Lipinski definition) is 7. The van der Waals surface area contributed by atoms with Gasteiger partial charge in [-0.05, 0) is 18.2 Å². The summed E-state index contributed by atoms with van der Waals surface area (Å²) in [4.78, 5) is 46.2. The van der Waals surface area contributed by atoms with Crippen molar-refractivity contribution in [3.63, 3.8) is 0 Å². The maximum atomic E-state index is 12.8. The highest BCUT2D eigenvalue weighted by Gasteiger charge is 2.32. The number of alkyl halides is 3. The largest absolute Gasteiger partial charge is 0.467 e. The number of carbonyl (C=O) groups excluding carboxylic acids is 4. The zero-order chi connectivity index (χ0) is 20.8. The van der Waals surface area contributed by atoms with E-state index in [4.69, 9.17) is 4.74 Å². The van der Waals surface area contributed by atoms with Gasteiger partial charge in [-0.15, -0.1) is 0 Å². The number of nitrogens with one attached hydrogen (secondary N) is 1. The number of halogens is 3. The van der Waals surface area contributed by atoms with Gasteiger partial charge in [0.05, 0.1) is 18.2 Å². The van der Waals surface area contributed by atoms with E-state index in [1.54, 1.807) is 0 Å². The average molecular weight is 407 g/mol. The summed E-state index contributed by atoms with van der Waals surface area (Å²) in [5.74, 6) is -3.01. The molecule has 27 heavy (non-hydrogen) atoms. The quantitative estimate of drug-likeness (QED) is 0.570. The van der Waals surface area contributed by atoms with Crippen LogP contribution in [0.1, 0.15) is 29.8 Å². The van der Waals surface area contributed by atoms with Crippen LogP contribution in [0.2, 0.25) is 0 Å². The molecule has 0 saturated carbocycles. The molecule has 0 fully saturated rings. The Morgan fingerprint density at radius 2 is 1.81 bits per heavy atom. The number of thioether (sulfide) groups is 1. The minimum absolute atomic E-state index is 0.231. The Balaban J connectivity index is 3.05. The highest BCUT2D eigenvalue weighted by atomic mass is 32.2. The van der Waals surface area contributed by atoms with Crippen molar-refractivity contribution in [1.82, 2.24) is 5.32 Å². The molecule has 7 nitrogen and oxygen atoms in total. The van der Waals surface area contributed by atoms with E-state index in [0.717, 1.165) is 27.0 Å². The number of methoxy groups -OCH3 is 1. The van der Waals surface area contributed by atoms with Gasteiger partial charge in [-0.25, -0.2) is 4.79 Å². The Morgan fingerprint density at radius 3 is 2.30 bits per heavy atom. The molecule has 1 rings (SSSR count). The molecule has 1 amide bonds. The van der Waals surface area contributed by atoms with E-state index in [1.807, 2.05) is 0 Å². The van der Waals surface area contributed by atoms with Crippen LogP contribution in [0, 0.1) is 0 Å². The molecule has 0 radical (unpaired) electrons. The molecule has 0 unspecified atom stereocenters. The molecule has 0 aromatic heterocycles. The van der Waals surface area contributed by atoms with Gasteiger partial charge in [0.1, 0.15) is 11.8 Å². The first kappa shape index (κ1) is 22.5. The predicted molar refractivity (Wildman–Crippen MR) is 89.2 cm³/mol. The van der Waals surface area contributed by atoms with Gasteiger partial charge in [0.15, 0.2) is 0 Å². The van der Waals surface area contributed by atoms with E-state index in [9.17, 15) is 32.3 Å². The summed E-state index contributed by atoms with van der Waals surface area (Å²) in [6, 6.07) is 0.961. The van der Waals surface area contributed by atoms with Gasteiger partial charge >= 0.3 is 18.1 Å². The van der Waals surface area contributed by atoms with Crippen LogP contribution < -0.4 is 10.1 Å². The molecule has 0 aliphatic heterocycles. The third-order valence-corrected chi connectivity index (χ3v) is 4.01. The van der Waals surface area contributed by atoms with Crippen LogP contribution in [0.5, 0.6) is 5.75 Å². The smallest absolute Gasteiger partial charge is 0.416 e. The molecule has 1 atom stereocenters. The van der Waals surface area contributed by atoms with Crippen molar-refractivity contribution < 1.29 is 41.8 Å². The van der Waals surface area contributed by atoms with Crippen molar-refractivity contribution in [2.45, 2.75) is 26.1 Å². The van der Waals surface area contributed by atoms with Crippen molar-refractivity contribution in [1.29, 1.82) is 0 Å². The Hall–Kier alpha value is -2.56. The zero-order valence-corrected chi connectivity index (χ0v) is 15.3. The van der Waals surface area contributed by atoms with Crippen molar-refractivity contribution in [3.05, 3.63) is 29.3 Å². The monoisotopic (exact) mass is 407 g/mol. The first-order valence-corrected chi connectivity index (χ1v) is 8.36. The second-order valence-electron chi connectivity index (χ2n) is 5.18. The molecular formula is C16H16F3NO6S. The van der Waals surface area contributed by atoms with Gasteiger partial charge in [0, 0.05) is 19.6 Å². The van der Waals surface area contributed by atoms with Crippen molar-refractivity contribution in [2.24, 2.45) is 0 Å². The molecule has 1 aromatic rings. The van der Waals surface area contributed by atoms with E-state index in [2.05, 4.69) is 10.1 Å². The van der Waals surface area contributed by atoms with E-state index in [1.165, 1.54) is 0 Å². The molecular weight excluding hydrogens is 391 g/mol. The lowest BCUT2D eigenvalue weighted by Gasteiger charge is -2.15. The molecule has 0 saturated heterocycles. The first-order chi connectivity index (χ1) is 12.5. The lowest BCUT2D eigenvalue weighted by molar-refractivity contribution is -0.144. The van der Waals surface area contributed by atoms with Crippen LogP contribution in [-0.4, -0.2) is 41.9 Å². The summed E-state index contributed by atoms with van der Waals surface area (Å²) >= 11 is 0.551. The number of esters is 2. The highest BCUT2D eigenvalue weighted by molar-refractivity contribution is 8.14. The maximum absolute atomic E-state index is 12.8. The number of amides is 1. The Bertz CT molecular complexity index is 750. The van der Waals surface area contributed by atoms with E-state index < -0.39 is 46.5 Å². The summed E-state index contributed by atoms with van der Waals surface area (Å²) in [5, 5.41) is 1.54. The third kappa shape index (κ3) is 6.93. The van der Waals surface area contributed by atoms with Gasteiger partial charge in [0.25, 0.3) is 0 Å². The fraction of sp³-hybridized carbons (Fsp3) is 0.375. The molecule has 0 heterocycles. The number of carbonyl (C=O) groups is 4. The molecule has 0 aliphatic carbocycles. The number of benzene rings is 1. The first-order valence-electron chi connectivity index (χ1n) is 7.37. The standard InChI is InChI=1S/C16H16F3NO6S/c1-8(21)20-12(14(23)25-3)7-27-15(24)11-5-4-10(16(17,18)19)6-13(11)26-9(2)22/h4-6,12H,7H2,1-3H3,(H,20,21)/t12-/m0/s1. The van der Waals surface area contributed by atoms with Crippen molar-refractivity contribution in [3.8, 4) is 5.75 Å². The van der Waals surface area contributed by atoms with Crippen molar-refractivity contribution >= 4 is 34.7 Å². The summed E-state index contributed by atoms with van der Waals surface area (Å²) in [5.41, 5.74) is -1.37. The summed E-state index contributed by atoms with van der Waals surface area (Å²) in [6.07, 6.45) is -4.69. The highest BCUT2D eigenvalue weighted by Crippen LogP contribution is 2.34. The van der Waals surface area contributed by atoms with Gasteiger partial charge < -0.3 is 14.8 Å². The van der Waals surface area contributed by atoms with Crippen molar-refractivity contribution in [2.75, 3.05) is 12.9 Å². The number of rotatable bonds is 6. The SMILES string of the molecule is COC(=O)[C@H](CSC(=O)c1ccc(C(F)(F)F)cc1OC(C)=O)NC(C)=O. The molecule has 0 spiro atoms. The summed E-state index contributed by atoms with van der Waals surface area (Å²) in [7, 11) is 1.10. The molecule has 0 bridgehead atoms. The van der Waals surface area contributed by atoms with Crippen LogP contribution in [0.15, 0.2) is 18.2 Å². The minimum Gasteiger partial charge on any atom is -0.467 e.